The second-order valence-corrected chi connectivity index (χ2v) is 9.43. The van der Waals surface area contributed by atoms with Gasteiger partial charge in [0, 0.05) is 19.0 Å². The predicted octanol–water partition coefficient (Wildman–Crippen LogP) is 3.12. The topological polar surface area (TPSA) is 101 Å². The lowest BCUT2D eigenvalue weighted by atomic mass is 9.95. The zero-order valence-electron chi connectivity index (χ0n) is 18.8. The number of para-hydroxylation sites is 1. The first kappa shape index (κ1) is 22.7. The third-order valence-corrected chi connectivity index (χ3v) is 7.11. The van der Waals surface area contributed by atoms with E-state index in [1.165, 1.54) is 0 Å². The molecule has 2 aliphatic heterocycles. The van der Waals surface area contributed by atoms with E-state index in [1.807, 2.05) is 29.6 Å². The highest BCUT2D eigenvalue weighted by atomic mass is 32.1. The molecule has 3 aromatic rings. The number of likely N-dealkylation sites (tertiary alicyclic amines) is 1. The molecule has 10 heteroatoms. The highest BCUT2D eigenvalue weighted by Crippen LogP contribution is 2.25. The molecule has 2 fully saturated rings. The lowest BCUT2D eigenvalue weighted by molar-refractivity contribution is -0.121. The van der Waals surface area contributed by atoms with Crippen molar-refractivity contribution in [3.8, 4) is 10.7 Å². The number of carbonyl (C=O) groups excluding carboxylic acids is 2. The van der Waals surface area contributed by atoms with E-state index >= 15 is 0 Å². The monoisotopic (exact) mass is 481 g/mol. The van der Waals surface area contributed by atoms with Gasteiger partial charge in [-0.3, -0.25) is 14.5 Å². The Bertz CT molecular complexity index is 1120. The molecule has 34 heavy (non-hydrogen) atoms. The first-order valence-corrected chi connectivity index (χ1v) is 12.4. The number of nitrogens with one attached hydrogen (secondary N) is 1. The van der Waals surface area contributed by atoms with E-state index in [4.69, 9.17) is 9.26 Å². The summed E-state index contributed by atoms with van der Waals surface area (Å²) in [4.78, 5) is 35.4. The Kier molecular flexibility index (Phi) is 6.98. The maximum Gasteiger partial charge on any atom is 0.256 e. The predicted molar refractivity (Wildman–Crippen MR) is 127 cm³/mol. The Morgan fingerprint density at radius 2 is 1.85 bits per heavy atom. The number of thiophene rings is 1. The Labute approximate surface area is 201 Å². The summed E-state index contributed by atoms with van der Waals surface area (Å²) in [6.45, 7) is 4.31. The molecule has 0 spiro atoms. The van der Waals surface area contributed by atoms with Gasteiger partial charge in [-0.05, 0) is 49.5 Å². The largest absolute Gasteiger partial charge is 0.378 e. The number of piperidine rings is 1. The summed E-state index contributed by atoms with van der Waals surface area (Å²) in [5.41, 5.74) is 1.09. The number of aromatic nitrogens is 2. The summed E-state index contributed by atoms with van der Waals surface area (Å²) in [6, 6.07) is 11.2. The second-order valence-electron chi connectivity index (χ2n) is 8.48. The maximum atomic E-state index is 13.0. The zero-order valence-corrected chi connectivity index (χ0v) is 19.6. The Balaban J connectivity index is 1.15. The summed E-state index contributed by atoms with van der Waals surface area (Å²) in [5, 5.41) is 9.06. The standard InChI is InChI=1S/C24H27N5O4S/c30-23(25-19-5-2-1-4-18(19)24(31)29-11-13-32-14-12-29)17-7-9-28(10-8-17)16-21-26-22(27-33-21)20-6-3-15-34-20/h1-6,15,17H,7-14,16H2,(H,25,30). The molecular formula is C24H27N5O4S. The first-order chi connectivity index (χ1) is 16.7. The van der Waals surface area contributed by atoms with Crippen molar-refractivity contribution in [3.05, 3.63) is 53.2 Å². The molecule has 0 unspecified atom stereocenters. The Morgan fingerprint density at radius 1 is 1.06 bits per heavy atom. The lowest BCUT2D eigenvalue weighted by Gasteiger charge is -2.30. The number of nitrogens with zero attached hydrogens (tertiary/aromatic N) is 4. The van der Waals surface area contributed by atoms with Crippen LogP contribution in [0.25, 0.3) is 10.7 Å². The Morgan fingerprint density at radius 3 is 2.62 bits per heavy atom. The molecule has 0 atom stereocenters. The van der Waals surface area contributed by atoms with Crippen LogP contribution in [0.5, 0.6) is 0 Å². The van der Waals surface area contributed by atoms with Gasteiger partial charge in [0.25, 0.3) is 5.91 Å². The minimum Gasteiger partial charge on any atom is -0.378 e. The fourth-order valence-corrected chi connectivity index (χ4v) is 4.97. The van der Waals surface area contributed by atoms with Gasteiger partial charge in [0.2, 0.25) is 17.6 Å². The van der Waals surface area contributed by atoms with Crippen LogP contribution in [-0.4, -0.2) is 71.1 Å². The number of anilines is 1. The molecule has 2 aliphatic rings. The van der Waals surface area contributed by atoms with Crippen molar-refractivity contribution in [1.82, 2.24) is 19.9 Å². The molecule has 2 aromatic heterocycles. The Hall–Kier alpha value is -3.08. The van der Waals surface area contributed by atoms with E-state index in [-0.39, 0.29) is 17.7 Å². The van der Waals surface area contributed by atoms with E-state index in [0.717, 1.165) is 30.8 Å². The summed E-state index contributed by atoms with van der Waals surface area (Å²) >= 11 is 1.58. The van der Waals surface area contributed by atoms with Crippen molar-refractivity contribution in [2.45, 2.75) is 19.4 Å². The van der Waals surface area contributed by atoms with Gasteiger partial charge < -0.3 is 19.5 Å². The molecule has 0 aliphatic carbocycles. The fourth-order valence-electron chi connectivity index (χ4n) is 4.32. The third-order valence-electron chi connectivity index (χ3n) is 6.24. The molecule has 1 N–H and O–H groups in total. The molecule has 5 rings (SSSR count). The molecule has 0 radical (unpaired) electrons. The van der Waals surface area contributed by atoms with E-state index < -0.39 is 0 Å². The molecule has 0 saturated carbocycles. The van der Waals surface area contributed by atoms with Crippen molar-refractivity contribution in [2.24, 2.45) is 5.92 Å². The van der Waals surface area contributed by atoms with Gasteiger partial charge in [0.1, 0.15) is 0 Å². The van der Waals surface area contributed by atoms with Gasteiger partial charge in [0.15, 0.2) is 0 Å². The van der Waals surface area contributed by atoms with E-state index in [0.29, 0.717) is 55.8 Å². The summed E-state index contributed by atoms with van der Waals surface area (Å²) in [6.07, 6.45) is 1.47. The van der Waals surface area contributed by atoms with Crippen LogP contribution >= 0.6 is 11.3 Å². The van der Waals surface area contributed by atoms with Gasteiger partial charge in [-0.25, -0.2) is 0 Å². The highest BCUT2D eigenvalue weighted by molar-refractivity contribution is 7.13. The number of hydrogen-bond donors (Lipinski definition) is 1. The fraction of sp³-hybridized carbons (Fsp3) is 0.417. The van der Waals surface area contributed by atoms with Crippen LogP contribution in [0.3, 0.4) is 0 Å². The summed E-state index contributed by atoms with van der Waals surface area (Å²) in [7, 11) is 0. The minimum absolute atomic E-state index is 0.0420. The number of ether oxygens (including phenoxy) is 1. The van der Waals surface area contributed by atoms with Gasteiger partial charge in [-0.15, -0.1) is 11.3 Å². The molecule has 4 heterocycles. The normalized spacial score (nSPS) is 17.6. The van der Waals surface area contributed by atoms with Crippen molar-refractivity contribution in [2.75, 3.05) is 44.7 Å². The van der Waals surface area contributed by atoms with E-state index in [2.05, 4.69) is 20.4 Å². The van der Waals surface area contributed by atoms with Crippen LogP contribution in [0.4, 0.5) is 5.69 Å². The SMILES string of the molecule is O=C(Nc1ccccc1C(=O)N1CCOCC1)C1CCN(Cc2nc(-c3cccs3)no2)CC1. The molecule has 2 amide bonds. The molecule has 1 aromatic carbocycles. The first-order valence-electron chi connectivity index (χ1n) is 11.5. The third kappa shape index (κ3) is 5.19. The van der Waals surface area contributed by atoms with Crippen LogP contribution in [0.15, 0.2) is 46.3 Å². The average molecular weight is 482 g/mol. The number of amides is 2. The molecule has 178 valence electrons. The minimum atomic E-state index is -0.104. The summed E-state index contributed by atoms with van der Waals surface area (Å²) < 4.78 is 10.8. The van der Waals surface area contributed by atoms with Gasteiger partial charge in [0.05, 0.1) is 35.9 Å². The number of hydrogen-bond acceptors (Lipinski definition) is 8. The second kappa shape index (κ2) is 10.5. The number of carbonyl (C=O) groups is 2. The van der Waals surface area contributed by atoms with Crippen LogP contribution in [0.2, 0.25) is 0 Å². The van der Waals surface area contributed by atoms with Gasteiger partial charge in [-0.2, -0.15) is 4.98 Å². The average Bonchev–Trinajstić information content (AvgIpc) is 3.57. The highest BCUT2D eigenvalue weighted by Gasteiger charge is 2.28. The molecule has 9 nitrogen and oxygen atoms in total. The molecular weight excluding hydrogens is 454 g/mol. The lowest BCUT2D eigenvalue weighted by Crippen LogP contribution is -2.41. The number of rotatable bonds is 6. The van der Waals surface area contributed by atoms with Crippen LogP contribution in [-0.2, 0) is 16.1 Å². The maximum absolute atomic E-state index is 13.0. The quantitative estimate of drug-likeness (QED) is 0.577. The molecule has 0 bridgehead atoms. The number of benzene rings is 1. The van der Waals surface area contributed by atoms with Gasteiger partial charge >= 0.3 is 0 Å². The van der Waals surface area contributed by atoms with Crippen molar-refractivity contribution < 1.29 is 18.8 Å². The molecule has 2 saturated heterocycles. The summed E-state index contributed by atoms with van der Waals surface area (Å²) in [5.74, 6) is 0.980. The zero-order chi connectivity index (χ0) is 23.3. The van der Waals surface area contributed by atoms with Gasteiger partial charge in [-0.1, -0.05) is 23.4 Å². The van der Waals surface area contributed by atoms with Crippen molar-refractivity contribution >= 4 is 28.8 Å². The smallest absolute Gasteiger partial charge is 0.256 e. The van der Waals surface area contributed by atoms with E-state index in [1.54, 1.807) is 28.4 Å². The van der Waals surface area contributed by atoms with Crippen LogP contribution in [0, 0.1) is 5.92 Å². The van der Waals surface area contributed by atoms with Crippen LogP contribution < -0.4 is 5.32 Å². The van der Waals surface area contributed by atoms with Crippen molar-refractivity contribution in [1.29, 1.82) is 0 Å². The van der Waals surface area contributed by atoms with Crippen molar-refractivity contribution in [3.63, 3.8) is 0 Å². The van der Waals surface area contributed by atoms with E-state index in [9.17, 15) is 9.59 Å². The number of morpholine rings is 1. The van der Waals surface area contributed by atoms with Crippen LogP contribution in [0.1, 0.15) is 29.1 Å².